The molecular formula is C19H19N4O5PS. The lowest BCUT2D eigenvalue weighted by Crippen LogP contribution is -2.17. The summed E-state index contributed by atoms with van der Waals surface area (Å²) in [6, 6.07) is 12.9. The van der Waals surface area contributed by atoms with Crippen molar-refractivity contribution in [2.75, 3.05) is 16.5 Å². The molecule has 1 heterocycles. The van der Waals surface area contributed by atoms with Gasteiger partial charge in [-0.1, -0.05) is 29.8 Å². The van der Waals surface area contributed by atoms with E-state index >= 15 is 0 Å². The van der Waals surface area contributed by atoms with Crippen LogP contribution in [-0.2, 0) is 9.84 Å². The van der Waals surface area contributed by atoms with Gasteiger partial charge in [-0.15, -0.1) is 0 Å². The van der Waals surface area contributed by atoms with Gasteiger partial charge in [-0.2, -0.15) is 0 Å². The van der Waals surface area contributed by atoms with Crippen molar-refractivity contribution in [2.45, 2.75) is 11.8 Å². The zero-order chi connectivity index (χ0) is 21.9. The minimum atomic E-state index is -3.83. The fourth-order valence-electron chi connectivity index (χ4n) is 2.59. The van der Waals surface area contributed by atoms with Crippen LogP contribution in [0, 0.1) is 6.92 Å². The van der Waals surface area contributed by atoms with Crippen LogP contribution in [0.25, 0.3) is 11.3 Å². The van der Waals surface area contributed by atoms with Gasteiger partial charge >= 0.3 is 0 Å². The molecule has 3 aromatic rings. The Hall–Kier alpha value is -2.91. The van der Waals surface area contributed by atoms with Crippen LogP contribution in [0.15, 0.2) is 59.6 Å². The van der Waals surface area contributed by atoms with Crippen LogP contribution in [0.2, 0.25) is 0 Å². The van der Waals surface area contributed by atoms with Crippen LogP contribution < -0.4 is 11.1 Å². The number of carbonyl (C=O) groups excluding carboxylic acids is 1. The van der Waals surface area contributed by atoms with Crippen LogP contribution in [-0.4, -0.2) is 39.6 Å². The second-order valence-electron chi connectivity index (χ2n) is 6.45. The maximum atomic E-state index is 12.6. The van der Waals surface area contributed by atoms with E-state index < -0.39 is 29.6 Å². The number of hydrogen-bond acceptors (Lipinski definition) is 8. The van der Waals surface area contributed by atoms with Crippen LogP contribution in [0.4, 0.5) is 11.5 Å². The number of aromatic nitrogens is 2. The first-order chi connectivity index (χ1) is 14.2. The summed E-state index contributed by atoms with van der Waals surface area (Å²) < 4.78 is 24.0. The van der Waals surface area contributed by atoms with E-state index in [0.717, 1.165) is 11.1 Å². The van der Waals surface area contributed by atoms with Crippen molar-refractivity contribution in [3.05, 3.63) is 66.0 Å². The maximum Gasteiger partial charge on any atom is 0.278 e. The van der Waals surface area contributed by atoms with Gasteiger partial charge in [0.25, 0.3) is 5.91 Å². The number of hydrogen-bond donors (Lipinski definition) is 4. The minimum absolute atomic E-state index is 0.0400. The van der Waals surface area contributed by atoms with Gasteiger partial charge in [0.15, 0.2) is 29.7 Å². The molecule has 0 fully saturated rings. The van der Waals surface area contributed by atoms with Crippen molar-refractivity contribution in [3.8, 4) is 11.3 Å². The first kappa shape index (κ1) is 21.8. The molecule has 30 heavy (non-hydrogen) atoms. The Morgan fingerprint density at radius 2 is 1.73 bits per heavy atom. The van der Waals surface area contributed by atoms with E-state index in [2.05, 4.69) is 15.3 Å². The van der Waals surface area contributed by atoms with E-state index in [9.17, 15) is 13.2 Å². The van der Waals surface area contributed by atoms with Crippen molar-refractivity contribution in [2.24, 2.45) is 0 Å². The summed E-state index contributed by atoms with van der Waals surface area (Å²) in [5, 5.41) is 2.60. The van der Waals surface area contributed by atoms with Crippen molar-refractivity contribution in [3.63, 3.8) is 0 Å². The number of nitrogen functional groups attached to an aromatic ring is 1. The standard InChI is InChI=1S/C19H19N4O5PS/c1-12-2-4-13(5-3-12)16-10-21-18(20)17(23-16)19(24)22-14-6-8-15(9-7-14)30(27,28)11-29(25)26/h2-10,25-26H,11H2,1H3,(H2,20,21)(H,22,24). The summed E-state index contributed by atoms with van der Waals surface area (Å²) in [6.45, 7) is 1.96. The van der Waals surface area contributed by atoms with Gasteiger partial charge in [0.05, 0.1) is 16.8 Å². The smallest absolute Gasteiger partial charge is 0.278 e. The number of nitrogens with one attached hydrogen (secondary N) is 1. The first-order valence-corrected chi connectivity index (χ1v) is 11.7. The molecule has 0 aliphatic carbocycles. The number of anilines is 2. The molecule has 0 bridgehead atoms. The molecule has 0 aliphatic rings. The van der Waals surface area contributed by atoms with E-state index in [4.69, 9.17) is 15.5 Å². The first-order valence-electron chi connectivity index (χ1n) is 8.65. The van der Waals surface area contributed by atoms with E-state index in [1.807, 2.05) is 31.2 Å². The Kier molecular flexibility index (Phi) is 6.42. The Balaban J connectivity index is 1.80. The molecule has 1 aromatic heterocycles. The summed E-state index contributed by atoms with van der Waals surface area (Å²) >= 11 is 0. The molecule has 3 rings (SSSR count). The number of rotatable bonds is 6. The van der Waals surface area contributed by atoms with Crippen molar-refractivity contribution >= 4 is 35.6 Å². The summed E-state index contributed by atoms with van der Waals surface area (Å²) in [5.74, 6) is -0.638. The van der Waals surface area contributed by atoms with Gasteiger partial charge in [0, 0.05) is 11.3 Å². The molecule has 0 radical (unpaired) electrons. The monoisotopic (exact) mass is 446 g/mol. The van der Waals surface area contributed by atoms with Crippen molar-refractivity contribution in [1.82, 2.24) is 9.97 Å². The lowest BCUT2D eigenvalue weighted by Gasteiger charge is -2.10. The Morgan fingerprint density at radius 3 is 2.33 bits per heavy atom. The number of aryl methyl sites for hydroxylation is 1. The molecule has 9 nitrogen and oxygen atoms in total. The largest absolute Gasteiger partial charge is 0.382 e. The van der Waals surface area contributed by atoms with Gasteiger partial charge in [-0.25, -0.2) is 18.4 Å². The zero-order valence-electron chi connectivity index (χ0n) is 15.8. The SMILES string of the molecule is Cc1ccc(-c2cnc(N)c(C(=O)Nc3ccc(S(=O)(=O)CP(O)O)cc3)n2)cc1. The fraction of sp³-hybridized carbons (Fsp3) is 0.105. The zero-order valence-corrected chi connectivity index (χ0v) is 17.6. The average Bonchev–Trinajstić information content (AvgIpc) is 2.68. The topological polar surface area (TPSA) is 156 Å². The predicted octanol–water partition coefficient (Wildman–Crippen LogP) is 2.31. The molecule has 0 spiro atoms. The third-order valence-corrected chi connectivity index (χ3v) is 7.39. The highest BCUT2D eigenvalue weighted by atomic mass is 32.2. The Labute approximate surface area is 174 Å². The summed E-state index contributed by atoms with van der Waals surface area (Å²) in [6.07, 6.45) is 1.48. The van der Waals surface area contributed by atoms with Gasteiger partial charge in [0.2, 0.25) is 0 Å². The number of carbonyl (C=O) groups is 1. The third-order valence-electron chi connectivity index (χ3n) is 4.12. The summed E-state index contributed by atoms with van der Waals surface area (Å²) in [4.78, 5) is 38.8. The van der Waals surface area contributed by atoms with Crippen LogP contribution in [0.5, 0.6) is 0 Å². The van der Waals surface area contributed by atoms with Gasteiger partial charge in [-0.3, -0.25) is 4.79 Å². The molecule has 11 heteroatoms. The molecule has 0 unspecified atom stereocenters. The number of nitrogens with two attached hydrogens (primary N) is 1. The lowest BCUT2D eigenvalue weighted by atomic mass is 10.1. The van der Waals surface area contributed by atoms with Crippen molar-refractivity contribution in [1.29, 1.82) is 0 Å². The van der Waals surface area contributed by atoms with E-state index in [1.165, 1.54) is 30.5 Å². The quantitative estimate of drug-likeness (QED) is 0.420. The molecule has 0 atom stereocenters. The fourth-order valence-corrected chi connectivity index (χ4v) is 4.95. The van der Waals surface area contributed by atoms with E-state index in [0.29, 0.717) is 11.4 Å². The van der Waals surface area contributed by atoms with Gasteiger partial charge in [0.1, 0.15) is 5.49 Å². The number of sulfone groups is 1. The van der Waals surface area contributed by atoms with Crippen LogP contribution in [0.1, 0.15) is 16.1 Å². The number of amides is 1. The number of benzene rings is 2. The van der Waals surface area contributed by atoms with Crippen LogP contribution >= 0.6 is 8.38 Å². The Morgan fingerprint density at radius 1 is 1.10 bits per heavy atom. The van der Waals surface area contributed by atoms with E-state index in [-0.39, 0.29) is 16.4 Å². The highest BCUT2D eigenvalue weighted by Crippen LogP contribution is 2.29. The van der Waals surface area contributed by atoms with E-state index in [1.54, 1.807) is 0 Å². The predicted molar refractivity (Wildman–Crippen MR) is 114 cm³/mol. The molecule has 5 N–H and O–H groups in total. The summed E-state index contributed by atoms with van der Waals surface area (Å²) in [5.41, 5.74) is 7.66. The second-order valence-corrected chi connectivity index (χ2v) is 9.93. The summed E-state index contributed by atoms with van der Waals surface area (Å²) in [7, 11) is -6.41. The maximum absolute atomic E-state index is 12.6. The second kappa shape index (κ2) is 8.85. The molecule has 2 aromatic carbocycles. The van der Waals surface area contributed by atoms with Crippen LogP contribution in [0.3, 0.4) is 0 Å². The highest BCUT2D eigenvalue weighted by Gasteiger charge is 2.20. The number of nitrogens with zero attached hydrogens (tertiary/aromatic N) is 2. The highest BCUT2D eigenvalue weighted by molar-refractivity contribution is 7.96. The van der Waals surface area contributed by atoms with Gasteiger partial charge < -0.3 is 20.8 Å². The normalized spacial score (nSPS) is 11.5. The molecule has 1 amide bonds. The molecule has 0 saturated heterocycles. The molecule has 156 valence electrons. The lowest BCUT2D eigenvalue weighted by molar-refractivity contribution is 0.102. The molecule has 0 aliphatic heterocycles. The minimum Gasteiger partial charge on any atom is -0.382 e. The average molecular weight is 446 g/mol. The van der Waals surface area contributed by atoms with Gasteiger partial charge in [-0.05, 0) is 31.2 Å². The molecule has 0 saturated carbocycles. The van der Waals surface area contributed by atoms with Crippen molar-refractivity contribution < 1.29 is 23.0 Å². The third kappa shape index (κ3) is 5.17. The Bertz CT molecular complexity index is 1170. The molecular weight excluding hydrogens is 427 g/mol.